The average molecular weight is 701 g/mol. The molecule has 0 rings (SSSR count). The van der Waals surface area contributed by atoms with E-state index in [1.165, 1.54) is 186 Å². The molecule has 0 bridgehead atoms. The summed E-state index contributed by atoms with van der Waals surface area (Å²) >= 11 is 0. The normalized spacial score (nSPS) is 10.2. The maximum atomic E-state index is 2.50. The Bertz CT molecular complexity index is 416. The Kier molecular flexibility index (Phi) is 112. The number of rotatable bonds is 28. The smallest absolute Gasteiger partial charge is 0.0295 e. The van der Waals surface area contributed by atoms with Gasteiger partial charge in [-0.1, -0.05) is 296 Å². The second-order valence-electron chi connectivity index (χ2n) is 12.9. The lowest BCUT2D eigenvalue weighted by atomic mass is 9.89. The van der Waals surface area contributed by atoms with E-state index in [1.807, 2.05) is 55.4 Å². The summed E-state index contributed by atoms with van der Waals surface area (Å²) in [4.78, 5) is 0. The molecule has 0 radical (unpaired) electrons. The molecule has 1 unspecified atom stereocenters. The van der Waals surface area contributed by atoms with E-state index in [0.717, 1.165) is 5.92 Å². The molecule has 0 aromatic rings. The maximum Gasteiger partial charge on any atom is -0.0295 e. The number of allylic oxidation sites excluding steroid dienone is 2. The first-order chi connectivity index (χ1) is 23.6. The van der Waals surface area contributed by atoms with E-state index >= 15 is 0 Å². The van der Waals surface area contributed by atoms with Crippen LogP contribution in [0.1, 0.15) is 304 Å². The molecule has 0 aromatic carbocycles. The molecule has 49 heavy (non-hydrogen) atoms. The van der Waals surface area contributed by atoms with Crippen LogP contribution in [-0.2, 0) is 0 Å². The van der Waals surface area contributed by atoms with Gasteiger partial charge in [0.2, 0.25) is 0 Å². The Balaban J connectivity index is -0.000000131. The number of hydrogen-bond acceptors (Lipinski definition) is 0. The highest BCUT2D eigenvalue weighted by molar-refractivity contribution is 4.99. The zero-order valence-corrected chi connectivity index (χ0v) is 38.2. The van der Waals surface area contributed by atoms with Crippen molar-refractivity contribution in [1.82, 2.24) is 0 Å². The molecule has 0 aromatic heterocycles. The van der Waals surface area contributed by atoms with Crippen molar-refractivity contribution in [2.45, 2.75) is 304 Å². The molecule has 0 saturated heterocycles. The zero-order valence-electron chi connectivity index (χ0n) is 38.2. The van der Waals surface area contributed by atoms with E-state index in [0.29, 0.717) is 0 Å². The van der Waals surface area contributed by atoms with Crippen molar-refractivity contribution in [2.24, 2.45) is 5.92 Å². The number of unbranched alkanes of at least 4 members (excludes halogenated alkanes) is 21. The Morgan fingerprint density at radius 2 is 0.592 bits per heavy atom. The summed E-state index contributed by atoms with van der Waals surface area (Å²) in [6, 6.07) is 0. The van der Waals surface area contributed by atoms with E-state index < -0.39 is 0 Å². The van der Waals surface area contributed by atoms with Gasteiger partial charge < -0.3 is 0 Å². The first-order valence-corrected chi connectivity index (χ1v) is 23.2. The van der Waals surface area contributed by atoms with Gasteiger partial charge in [0.05, 0.1) is 0 Å². The van der Waals surface area contributed by atoms with Gasteiger partial charge in [-0.15, -0.1) is 0 Å². The fourth-order valence-electron chi connectivity index (χ4n) is 5.44. The van der Waals surface area contributed by atoms with Crippen LogP contribution in [0.4, 0.5) is 0 Å². The topological polar surface area (TPSA) is 0 Å². The minimum Gasteiger partial charge on any atom is -0.0856 e. The molecule has 0 spiro atoms. The van der Waals surface area contributed by atoms with Gasteiger partial charge in [0.25, 0.3) is 0 Å². The van der Waals surface area contributed by atoms with Gasteiger partial charge in [0.15, 0.2) is 0 Å². The highest BCUT2D eigenvalue weighted by Gasteiger charge is 2.09. The molecule has 0 heterocycles. The van der Waals surface area contributed by atoms with Crippen molar-refractivity contribution in [3.05, 3.63) is 11.6 Å². The molecule has 0 aliphatic rings. The third-order valence-electron chi connectivity index (χ3n) is 8.03. The third-order valence-corrected chi connectivity index (χ3v) is 8.03. The first-order valence-electron chi connectivity index (χ1n) is 23.2. The van der Waals surface area contributed by atoms with E-state index in [1.54, 1.807) is 5.57 Å². The van der Waals surface area contributed by atoms with Crippen molar-refractivity contribution < 1.29 is 0 Å². The summed E-state index contributed by atoms with van der Waals surface area (Å²) in [5.74, 6) is 0.950. The van der Waals surface area contributed by atoms with Gasteiger partial charge in [-0.05, 0) is 25.7 Å². The standard InChI is InChI=1S/C31H62.C6H14.C3H8.4C2H6.CH4/c1-5-8-11-12-13-14-15-16-17-18-19-20-21-22-23-25-28-31(27-24-9-6-2)29-30(4)26-10-7-3;1-3-5-6-4-2;1-3-2;4*1-2;/h26,31H,5-25,27-29H2,1-4H3;3-6H2,1-2H3;3H2,1-2H3;4*1-2H3;1H4/b30-26-;;;;;;;. The average Bonchev–Trinajstić information content (AvgIpc) is 3.13. The van der Waals surface area contributed by atoms with Gasteiger partial charge >= 0.3 is 0 Å². The van der Waals surface area contributed by atoms with E-state index in [9.17, 15) is 0 Å². The summed E-state index contributed by atoms with van der Waals surface area (Å²) in [5.41, 5.74) is 1.65. The molecule has 0 fully saturated rings. The highest BCUT2D eigenvalue weighted by atomic mass is 14.1. The monoisotopic (exact) mass is 701 g/mol. The summed E-state index contributed by atoms with van der Waals surface area (Å²) in [7, 11) is 0. The van der Waals surface area contributed by atoms with Crippen LogP contribution >= 0.6 is 0 Å². The zero-order chi connectivity index (χ0) is 38.4. The molecule has 0 aliphatic carbocycles. The van der Waals surface area contributed by atoms with Crippen LogP contribution < -0.4 is 0 Å². The summed E-state index contributed by atoms with van der Waals surface area (Å²) < 4.78 is 0. The maximum absolute atomic E-state index is 2.50. The summed E-state index contributed by atoms with van der Waals surface area (Å²) in [6.45, 7) is 34.0. The van der Waals surface area contributed by atoms with Crippen LogP contribution in [0.5, 0.6) is 0 Å². The second kappa shape index (κ2) is 81.6. The Labute approximate surface area is 321 Å². The molecule has 0 heteroatoms. The summed E-state index contributed by atoms with van der Waals surface area (Å²) in [6.07, 6.45) is 43.9. The Hall–Kier alpha value is -0.260. The lowest BCUT2D eigenvalue weighted by molar-refractivity contribution is 0.402. The SMILES string of the molecule is C.CC.CC.CC.CC.CCC.CCC/C=C(/C)CC(CCCCC)CCCCCCCCCCCCCCCCCC.CCCCCC. The van der Waals surface area contributed by atoms with Crippen LogP contribution in [-0.4, -0.2) is 0 Å². The molecular weight excluding hydrogens is 589 g/mol. The molecule has 1 atom stereocenters. The van der Waals surface area contributed by atoms with Crippen molar-refractivity contribution in [2.75, 3.05) is 0 Å². The van der Waals surface area contributed by atoms with Crippen LogP contribution in [0.3, 0.4) is 0 Å². The minimum absolute atomic E-state index is 0. The van der Waals surface area contributed by atoms with Crippen LogP contribution in [0.25, 0.3) is 0 Å². The molecule has 308 valence electrons. The van der Waals surface area contributed by atoms with E-state index in [-0.39, 0.29) is 7.43 Å². The van der Waals surface area contributed by atoms with Crippen LogP contribution in [0, 0.1) is 5.92 Å². The van der Waals surface area contributed by atoms with Crippen LogP contribution in [0.2, 0.25) is 0 Å². The van der Waals surface area contributed by atoms with Gasteiger partial charge in [-0.25, -0.2) is 0 Å². The minimum atomic E-state index is 0. The van der Waals surface area contributed by atoms with Crippen molar-refractivity contribution in [1.29, 1.82) is 0 Å². The molecule has 0 amide bonds. The van der Waals surface area contributed by atoms with E-state index in [4.69, 9.17) is 0 Å². The van der Waals surface area contributed by atoms with Gasteiger partial charge in [-0.2, -0.15) is 0 Å². The number of hydrogen-bond donors (Lipinski definition) is 0. The highest BCUT2D eigenvalue weighted by Crippen LogP contribution is 2.25. The Morgan fingerprint density at radius 3 is 0.878 bits per heavy atom. The molecule has 0 aliphatic heterocycles. The first kappa shape index (κ1) is 66.9. The third kappa shape index (κ3) is 87.7. The lowest BCUT2D eigenvalue weighted by Crippen LogP contribution is -2.02. The van der Waals surface area contributed by atoms with Gasteiger partial charge in [0, 0.05) is 0 Å². The molecule has 0 N–H and O–H groups in total. The van der Waals surface area contributed by atoms with Crippen molar-refractivity contribution >= 4 is 0 Å². The Morgan fingerprint density at radius 1 is 0.367 bits per heavy atom. The second-order valence-corrected chi connectivity index (χ2v) is 12.9. The molecular formula is C49H112. The van der Waals surface area contributed by atoms with Crippen molar-refractivity contribution in [3.8, 4) is 0 Å². The predicted molar refractivity (Wildman–Crippen MR) is 243 cm³/mol. The molecule has 0 nitrogen and oxygen atoms in total. The fourth-order valence-corrected chi connectivity index (χ4v) is 5.44. The van der Waals surface area contributed by atoms with Gasteiger partial charge in [0.1, 0.15) is 0 Å². The van der Waals surface area contributed by atoms with E-state index in [2.05, 4.69) is 61.5 Å². The largest absolute Gasteiger partial charge is 0.0856 e. The quantitative estimate of drug-likeness (QED) is 0.0563. The van der Waals surface area contributed by atoms with Crippen molar-refractivity contribution in [3.63, 3.8) is 0 Å². The fraction of sp³-hybridized carbons (Fsp3) is 0.959. The summed E-state index contributed by atoms with van der Waals surface area (Å²) in [5, 5.41) is 0. The lowest BCUT2D eigenvalue weighted by Gasteiger charge is -2.17. The van der Waals surface area contributed by atoms with Crippen LogP contribution in [0.15, 0.2) is 11.6 Å². The molecule has 0 saturated carbocycles. The van der Waals surface area contributed by atoms with Gasteiger partial charge in [-0.3, -0.25) is 0 Å². The predicted octanol–water partition coefficient (Wildman–Crippen LogP) is 20.7.